The average molecular weight is 420 g/mol. The molecule has 10 heteroatoms. The van der Waals surface area contributed by atoms with Crippen LogP contribution in [0.1, 0.15) is 41.6 Å². The number of hydrogen-bond donors (Lipinski definition) is 1. The van der Waals surface area contributed by atoms with E-state index in [-0.39, 0.29) is 23.9 Å². The zero-order valence-corrected chi connectivity index (χ0v) is 17.1. The Morgan fingerprint density at radius 3 is 2.62 bits per heavy atom. The SMILES string of the molecule is Cn1cc(C(=O)NCc2ccc3c(c2)OCO3)c(S(=O)(=O)N2CCCCCC2)n1. The normalized spacial score (nSPS) is 17.1. The molecule has 0 atom stereocenters. The van der Waals surface area contributed by atoms with Crippen molar-refractivity contribution in [3.05, 3.63) is 35.5 Å². The number of benzene rings is 1. The van der Waals surface area contributed by atoms with Gasteiger partial charge >= 0.3 is 0 Å². The fourth-order valence-corrected chi connectivity index (χ4v) is 5.19. The molecule has 1 aromatic heterocycles. The number of aromatic nitrogens is 2. The van der Waals surface area contributed by atoms with Gasteiger partial charge in [-0.2, -0.15) is 9.40 Å². The summed E-state index contributed by atoms with van der Waals surface area (Å²) in [7, 11) is -2.22. The molecule has 0 radical (unpaired) electrons. The minimum atomic E-state index is -3.83. The van der Waals surface area contributed by atoms with E-state index in [0.29, 0.717) is 24.6 Å². The molecule has 4 rings (SSSR count). The van der Waals surface area contributed by atoms with Crippen LogP contribution in [-0.4, -0.2) is 48.3 Å². The number of carbonyl (C=O) groups excluding carboxylic acids is 1. The smallest absolute Gasteiger partial charge is 0.263 e. The Morgan fingerprint density at radius 1 is 1.14 bits per heavy atom. The third kappa shape index (κ3) is 4.08. The van der Waals surface area contributed by atoms with Crippen LogP contribution in [0.4, 0.5) is 0 Å². The van der Waals surface area contributed by atoms with Gasteiger partial charge in [0.15, 0.2) is 11.5 Å². The average Bonchev–Trinajstić information content (AvgIpc) is 3.23. The summed E-state index contributed by atoms with van der Waals surface area (Å²) in [5, 5.41) is 6.69. The van der Waals surface area contributed by atoms with Crippen molar-refractivity contribution in [3.63, 3.8) is 0 Å². The molecule has 2 aliphatic rings. The lowest BCUT2D eigenvalue weighted by Crippen LogP contribution is -2.34. The number of fused-ring (bicyclic) bond motifs is 1. The zero-order valence-electron chi connectivity index (χ0n) is 16.3. The number of ether oxygens (including phenoxy) is 2. The Labute approximate surface area is 169 Å². The highest BCUT2D eigenvalue weighted by atomic mass is 32.2. The van der Waals surface area contributed by atoms with E-state index in [1.165, 1.54) is 15.2 Å². The standard InChI is InChI=1S/C19H24N4O5S/c1-22-12-15(19(21-22)29(25,26)23-8-4-2-3-5-9-23)18(24)20-11-14-6-7-16-17(10-14)28-13-27-16/h6-7,10,12H,2-5,8-9,11,13H2,1H3,(H,20,24). The zero-order chi connectivity index (χ0) is 20.4. The minimum Gasteiger partial charge on any atom is -0.454 e. The number of nitrogens with zero attached hydrogens (tertiary/aromatic N) is 3. The lowest BCUT2D eigenvalue weighted by atomic mass is 10.2. The van der Waals surface area contributed by atoms with Crippen molar-refractivity contribution in [1.29, 1.82) is 0 Å². The van der Waals surface area contributed by atoms with Gasteiger partial charge in [-0.25, -0.2) is 8.42 Å². The van der Waals surface area contributed by atoms with Crippen LogP contribution in [0.25, 0.3) is 0 Å². The molecule has 29 heavy (non-hydrogen) atoms. The fourth-order valence-electron chi connectivity index (χ4n) is 3.55. The molecule has 0 unspecified atom stereocenters. The molecular weight excluding hydrogens is 396 g/mol. The van der Waals surface area contributed by atoms with E-state index in [0.717, 1.165) is 31.2 Å². The second kappa shape index (κ2) is 8.03. The van der Waals surface area contributed by atoms with Crippen molar-refractivity contribution >= 4 is 15.9 Å². The van der Waals surface area contributed by atoms with Gasteiger partial charge in [0.2, 0.25) is 11.8 Å². The maximum absolute atomic E-state index is 13.1. The first-order valence-electron chi connectivity index (χ1n) is 9.66. The Hall–Kier alpha value is -2.59. The molecule has 9 nitrogen and oxygen atoms in total. The predicted octanol–water partition coefficient (Wildman–Crippen LogP) is 1.64. The predicted molar refractivity (Wildman–Crippen MR) is 104 cm³/mol. The molecule has 1 aromatic carbocycles. The van der Waals surface area contributed by atoms with E-state index < -0.39 is 15.9 Å². The molecule has 1 fully saturated rings. The minimum absolute atomic E-state index is 0.0532. The second-order valence-electron chi connectivity index (χ2n) is 7.21. The molecule has 3 heterocycles. The van der Waals surface area contributed by atoms with Crippen molar-refractivity contribution in [2.75, 3.05) is 19.9 Å². The van der Waals surface area contributed by atoms with Gasteiger partial charge in [0.05, 0.1) is 5.56 Å². The van der Waals surface area contributed by atoms with Gasteiger partial charge in [-0.3, -0.25) is 9.48 Å². The maximum Gasteiger partial charge on any atom is 0.263 e. The molecule has 2 aliphatic heterocycles. The summed E-state index contributed by atoms with van der Waals surface area (Å²) < 4.78 is 39.7. The van der Waals surface area contributed by atoms with Crippen molar-refractivity contribution in [2.45, 2.75) is 37.3 Å². The van der Waals surface area contributed by atoms with Crippen molar-refractivity contribution in [3.8, 4) is 11.5 Å². The number of nitrogens with one attached hydrogen (secondary N) is 1. The van der Waals surface area contributed by atoms with Gasteiger partial charge in [0, 0.05) is 32.9 Å². The number of carbonyl (C=O) groups is 1. The molecule has 2 aromatic rings. The Balaban J connectivity index is 1.52. The van der Waals surface area contributed by atoms with E-state index in [2.05, 4.69) is 10.4 Å². The van der Waals surface area contributed by atoms with Crippen LogP contribution < -0.4 is 14.8 Å². The molecular formula is C19H24N4O5S. The molecule has 156 valence electrons. The monoisotopic (exact) mass is 420 g/mol. The van der Waals surface area contributed by atoms with Crippen LogP contribution in [0, 0.1) is 0 Å². The first-order valence-corrected chi connectivity index (χ1v) is 11.1. The summed E-state index contributed by atoms with van der Waals surface area (Å²) in [5.41, 5.74) is 0.876. The van der Waals surface area contributed by atoms with Crippen LogP contribution in [0.5, 0.6) is 11.5 Å². The van der Waals surface area contributed by atoms with Crippen molar-refractivity contribution in [2.24, 2.45) is 7.05 Å². The van der Waals surface area contributed by atoms with Gasteiger partial charge in [-0.1, -0.05) is 18.9 Å². The lowest BCUT2D eigenvalue weighted by molar-refractivity contribution is 0.0947. The second-order valence-corrected chi connectivity index (χ2v) is 9.06. The van der Waals surface area contributed by atoms with Gasteiger partial charge in [-0.05, 0) is 30.5 Å². The summed E-state index contributed by atoms with van der Waals surface area (Å²) in [6.45, 7) is 1.32. The van der Waals surface area contributed by atoms with E-state index >= 15 is 0 Å². The molecule has 0 bridgehead atoms. The number of rotatable bonds is 5. The first-order chi connectivity index (χ1) is 13.9. The Kier molecular flexibility index (Phi) is 5.46. The summed E-state index contributed by atoms with van der Waals surface area (Å²) in [6.07, 6.45) is 5.10. The summed E-state index contributed by atoms with van der Waals surface area (Å²) in [4.78, 5) is 12.8. The number of hydrogen-bond acceptors (Lipinski definition) is 6. The molecule has 1 amide bonds. The third-order valence-corrected chi connectivity index (χ3v) is 6.91. The van der Waals surface area contributed by atoms with E-state index in [1.54, 1.807) is 19.2 Å². The van der Waals surface area contributed by atoms with Crippen molar-refractivity contribution in [1.82, 2.24) is 19.4 Å². The van der Waals surface area contributed by atoms with Gasteiger partial charge in [-0.15, -0.1) is 0 Å². The van der Waals surface area contributed by atoms with Crippen LogP contribution in [0.3, 0.4) is 0 Å². The highest BCUT2D eigenvalue weighted by Gasteiger charge is 2.32. The van der Waals surface area contributed by atoms with Crippen LogP contribution in [0.15, 0.2) is 29.4 Å². The van der Waals surface area contributed by atoms with Crippen LogP contribution in [0.2, 0.25) is 0 Å². The Morgan fingerprint density at radius 2 is 1.86 bits per heavy atom. The largest absolute Gasteiger partial charge is 0.454 e. The van der Waals surface area contributed by atoms with Gasteiger partial charge < -0.3 is 14.8 Å². The molecule has 0 aliphatic carbocycles. The molecule has 1 saturated heterocycles. The van der Waals surface area contributed by atoms with Crippen LogP contribution >= 0.6 is 0 Å². The first kappa shape index (κ1) is 19.7. The van der Waals surface area contributed by atoms with E-state index in [1.807, 2.05) is 6.07 Å². The van der Waals surface area contributed by atoms with Crippen LogP contribution in [-0.2, 0) is 23.6 Å². The van der Waals surface area contributed by atoms with Gasteiger partial charge in [0.1, 0.15) is 0 Å². The maximum atomic E-state index is 13.1. The Bertz CT molecular complexity index is 1010. The fraction of sp³-hybridized carbons (Fsp3) is 0.474. The summed E-state index contributed by atoms with van der Waals surface area (Å²) >= 11 is 0. The highest BCUT2D eigenvalue weighted by Crippen LogP contribution is 2.32. The lowest BCUT2D eigenvalue weighted by Gasteiger charge is -2.19. The van der Waals surface area contributed by atoms with E-state index in [4.69, 9.17) is 9.47 Å². The number of sulfonamides is 1. The number of amides is 1. The quantitative estimate of drug-likeness (QED) is 0.789. The summed E-state index contributed by atoms with van der Waals surface area (Å²) in [6, 6.07) is 5.40. The van der Waals surface area contributed by atoms with Crippen molar-refractivity contribution < 1.29 is 22.7 Å². The molecule has 1 N–H and O–H groups in total. The van der Waals surface area contributed by atoms with E-state index in [9.17, 15) is 13.2 Å². The topological polar surface area (TPSA) is 103 Å². The number of aryl methyl sites for hydroxylation is 1. The highest BCUT2D eigenvalue weighted by molar-refractivity contribution is 7.89. The summed E-state index contributed by atoms with van der Waals surface area (Å²) in [5.74, 6) is 0.810. The van der Waals surface area contributed by atoms with Gasteiger partial charge in [0.25, 0.3) is 15.9 Å². The third-order valence-electron chi connectivity index (χ3n) is 5.08. The molecule has 0 saturated carbocycles. The molecule has 0 spiro atoms.